The van der Waals surface area contributed by atoms with Gasteiger partial charge in [0.2, 0.25) is 23.7 Å². The fraction of sp³-hybridized carbons (Fsp3) is 0.250. The van der Waals surface area contributed by atoms with Gasteiger partial charge in [-0.05, 0) is 67.1 Å². The third-order valence-electron chi connectivity index (χ3n) is 11.4. The minimum atomic E-state index is -0.753. The summed E-state index contributed by atoms with van der Waals surface area (Å²) < 4.78 is 35.5. The van der Waals surface area contributed by atoms with Crippen molar-refractivity contribution in [3.05, 3.63) is 147 Å². The lowest BCUT2D eigenvalue weighted by atomic mass is 9.95. The zero-order valence-corrected chi connectivity index (χ0v) is 37.6. The smallest absolute Gasteiger partial charge is 0.255 e. The van der Waals surface area contributed by atoms with Crippen LogP contribution in [0.1, 0.15) is 62.2 Å². The molecule has 3 aliphatic rings. The average molecular weight is 959 g/mol. The molecule has 21 heteroatoms. The van der Waals surface area contributed by atoms with Gasteiger partial charge in [-0.25, -0.2) is 24.3 Å². The molecular formula is C48H45ClF2N12O6. The van der Waals surface area contributed by atoms with Crippen LogP contribution in [0.25, 0.3) is 11.3 Å². The molecule has 1 fully saturated rings. The molecule has 0 spiro atoms. The monoisotopic (exact) mass is 958 g/mol. The number of nitrogens with one attached hydrogen (secondary N) is 7. The van der Waals surface area contributed by atoms with Crippen molar-refractivity contribution in [2.24, 2.45) is 10.1 Å². The average Bonchev–Trinajstić information content (AvgIpc) is 3.59. The van der Waals surface area contributed by atoms with E-state index in [1.165, 1.54) is 29.3 Å². The summed E-state index contributed by atoms with van der Waals surface area (Å²) in [5.74, 6) is -3.07. The van der Waals surface area contributed by atoms with Gasteiger partial charge in [0.05, 0.1) is 49.0 Å². The zero-order chi connectivity index (χ0) is 48.4. The van der Waals surface area contributed by atoms with Crippen LogP contribution < -0.4 is 31.9 Å². The number of rotatable bonds is 19. The fourth-order valence-electron chi connectivity index (χ4n) is 7.96. The molecular weight excluding hydrogens is 914 g/mol. The number of carbonyl (C=O) groups excluding carboxylic acids is 5. The standard InChI is InChI=1S/C48H45ClF2N12O6/c49-29-9-12-32-34(21-29)44(42-36(50)4-2-5-37(42)51)55-22-28-23-57-48(61-43(28)32)58-30-10-7-27(8-11-30)45(66)56-25-31(62-52)24-54-18-20-69-19-17-53-16-15-41(65)59-38-6-1-3-33-35(38)26-63(47(33)68)39-13-14-40(64)60-46(39)67/h1-12,21,23-24,39,52-54H,13-20,22,25-26H2,(H,56,66)(H,59,65)(H,57,58,61)(H,60,64,67)/b31-24-,62-52?. The molecule has 1 atom stereocenters. The lowest BCUT2D eigenvalue weighted by molar-refractivity contribution is -0.137. The molecule has 0 aliphatic carbocycles. The Morgan fingerprint density at radius 2 is 1.74 bits per heavy atom. The molecule has 0 radical (unpaired) electrons. The van der Waals surface area contributed by atoms with Gasteiger partial charge in [-0.15, -0.1) is 0 Å². The van der Waals surface area contributed by atoms with Gasteiger partial charge in [0, 0.05) is 101 Å². The first kappa shape index (κ1) is 47.7. The molecule has 1 saturated heterocycles. The SMILES string of the molecule is N=N/C(=C\NCCOCCNCCC(=O)Nc1cccc2c1CN(C1CCC(=O)NC1=O)C2=O)CNC(=O)c1ccc(Nc2ncc3c(n2)-c2ccc(Cl)cc2C(c2c(F)cccc2F)=NC3)cc1. The maximum Gasteiger partial charge on any atom is 0.255 e. The number of imide groups is 1. The highest BCUT2D eigenvalue weighted by Gasteiger charge is 2.40. The first-order valence-corrected chi connectivity index (χ1v) is 22.3. The van der Waals surface area contributed by atoms with Gasteiger partial charge in [0.1, 0.15) is 17.7 Å². The van der Waals surface area contributed by atoms with E-state index in [1.807, 2.05) is 0 Å². The van der Waals surface area contributed by atoms with Gasteiger partial charge in [-0.2, -0.15) is 5.11 Å². The number of carbonyl (C=O) groups is 5. The van der Waals surface area contributed by atoms with E-state index in [2.05, 4.69) is 47.0 Å². The van der Waals surface area contributed by atoms with Crippen molar-refractivity contribution in [1.82, 2.24) is 36.1 Å². The number of hydrogen-bond donors (Lipinski definition) is 7. The summed E-state index contributed by atoms with van der Waals surface area (Å²) in [4.78, 5) is 77.9. The Bertz CT molecular complexity index is 2880. The largest absolute Gasteiger partial charge is 0.387 e. The summed E-state index contributed by atoms with van der Waals surface area (Å²) in [6, 6.07) is 19.5. The van der Waals surface area contributed by atoms with E-state index in [4.69, 9.17) is 26.9 Å². The van der Waals surface area contributed by atoms with E-state index in [0.717, 1.165) is 0 Å². The number of aromatic nitrogens is 2. The quantitative estimate of drug-likeness (QED) is 0.0298. The van der Waals surface area contributed by atoms with Crippen LogP contribution in [0.2, 0.25) is 5.02 Å². The lowest BCUT2D eigenvalue weighted by Crippen LogP contribution is -2.52. The third kappa shape index (κ3) is 11.3. The summed E-state index contributed by atoms with van der Waals surface area (Å²) in [7, 11) is 0. The number of aliphatic imine (C=N–C) groups is 1. The van der Waals surface area contributed by atoms with Crippen molar-refractivity contribution in [2.45, 2.75) is 38.4 Å². The van der Waals surface area contributed by atoms with E-state index in [0.29, 0.717) is 88.3 Å². The van der Waals surface area contributed by atoms with Gasteiger partial charge in [-0.1, -0.05) is 29.8 Å². The minimum Gasteiger partial charge on any atom is -0.387 e. The van der Waals surface area contributed by atoms with Crippen LogP contribution in [0.3, 0.4) is 0 Å². The van der Waals surface area contributed by atoms with Crippen molar-refractivity contribution in [3.8, 4) is 11.3 Å². The molecule has 18 nitrogen and oxygen atoms in total. The number of ether oxygens (including phenoxy) is 1. The Balaban J connectivity index is 0.728. The normalized spacial score (nSPS) is 15.3. The molecule has 69 heavy (non-hydrogen) atoms. The number of amides is 5. The predicted octanol–water partition coefficient (Wildman–Crippen LogP) is 5.76. The van der Waals surface area contributed by atoms with Crippen LogP contribution in [0.4, 0.5) is 26.1 Å². The number of hydrogen-bond acceptors (Lipinski definition) is 14. The van der Waals surface area contributed by atoms with Crippen molar-refractivity contribution >= 4 is 64.2 Å². The minimum absolute atomic E-state index is 0.00992. The first-order valence-electron chi connectivity index (χ1n) is 21.9. The van der Waals surface area contributed by atoms with Crippen LogP contribution >= 0.6 is 11.6 Å². The van der Waals surface area contributed by atoms with Crippen molar-refractivity contribution in [2.75, 3.05) is 50.0 Å². The second-order valence-electron chi connectivity index (χ2n) is 16.0. The number of piperidine rings is 1. The summed E-state index contributed by atoms with van der Waals surface area (Å²) >= 11 is 6.34. The topological polar surface area (TPSA) is 244 Å². The molecule has 0 bridgehead atoms. The Labute approximate surface area is 398 Å². The molecule has 354 valence electrons. The summed E-state index contributed by atoms with van der Waals surface area (Å²) in [6.45, 7) is 2.21. The van der Waals surface area contributed by atoms with Crippen LogP contribution in [0.15, 0.2) is 107 Å². The van der Waals surface area contributed by atoms with Crippen LogP contribution in [0.5, 0.6) is 0 Å². The molecule has 8 rings (SSSR count). The Morgan fingerprint density at radius 3 is 2.52 bits per heavy atom. The van der Waals surface area contributed by atoms with Gasteiger partial charge >= 0.3 is 0 Å². The van der Waals surface area contributed by atoms with Crippen LogP contribution in [0, 0.1) is 17.2 Å². The molecule has 0 saturated carbocycles. The van der Waals surface area contributed by atoms with Gasteiger partial charge in [-0.3, -0.25) is 34.3 Å². The lowest BCUT2D eigenvalue weighted by Gasteiger charge is -2.29. The van der Waals surface area contributed by atoms with E-state index in [1.54, 1.807) is 66.9 Å². The van der Waals surface area contributed by atoms with E-state index < -0.39 is 23.6 Å². The number of benzene rings is 4. The summed E-state index contributed by atoms with van der Waals surface area (Å²) in [5.41, 5.74) is 12.3. The zero-order valence-electron chi connectivity index (χ0n) is 36.8. The van der Waals surface area contributed by atoms with Crippen molar-refractivity contribution < 1.29 is 37.5 Å². The van der Waals surface area contributed by atoms with Crippen molar-refractivity contribution in [1.29, 1.82) is 5.53 Å². The van der Waals surface area contributed by atoms with Gasteiger partial charge in [0.25, 0.3) is 11.8 Å². The third-order valence-corrected chi connectivity index (χ3v) is 11.6. The maximum atomic E-state index is 14.9. The molecule has 4 aromatic carbocycles. The molecule has 5 amide bonds. The number of halogens is 3. The van der Waals surface area contributed by atoms with E-state index in [9.17, 15) is 32.8 Å². The highest BCUT2D eigenvalue weighted by molar-refractivity contribution is 6.31. The Kier molecular flexibility index (Phi) is 15.1. The van der Waals surface area contributed by atoms with E-state index >= 15 is 0 Å². The van der Waals surface area contributed by atoms with Gasteiger partial charge < -0.3 is 36.2 Å². The van der Waals surface area contributed by atoms with E-state index in [-0.39, 0.29) is 85.4 Å². The van der Waals surface area contributed by atoms with Gasteiger partial charge in [0.15, 0.2) is 0 Å². The maximum absolute atomic E-state index is 14.9. The molecule has 1 aromatic heterocycles. The summed E-state index contributed by atoms with van der Waals surface area (Å²) in [6.07, 6.45) is 3.69. The second-order valence-corrected chi connectivity index (χ2v) is 16.4. The molecule has 7 N–H and O–H groups in total. The second kappa shape index (κ2) is 21.9. The number of fused-ring (bicyclic) bond motifs is 4. The molecule has 5 aromatic rings. The molecule has 4 heterocycles. The highest BCUT2D eigenvalue weighted by Crippen LogP contribution is 2.35. The highest BCUT2D eigenvalue weighted by atomic mass is 35.5. The molecule has 3 aliphatic heterocycles. The van der Waals surface area contributed by atoms with Crippen molar-refractivity contribution in [3.63, 3.8) is 0 Å². The Hall–Kier alpha value is -7.81. The van der Waals surface area contributed by atoms with Crippen LogP contribution in [-0.4, -0.2) is 95.6 Å². The number of nitrogens with zero attached hydrogens (tertiary/aromatic N) is 5. The summed E-state index contributed by atoms with van der Waals surface area (Å²) in [5, 5.41) is 21.1. The first-order chi connectivity index (χ1) is 33.5. The fourth-order valence-corrected chi connectivity index (χ4v) is 8.13. The van der Waals surface area contributed by atoms with Crippen LogP contribution in [-0.2, 0) is 32.2 Å². The number of anilines is 3. The molecule has 1 unspecified atom stereocenters. The predicted molar refractivity (Wildman–Crippen MR) is 251 cm³/mol. The Morgan fingerprint density at radius 1 is 0.957 bits per heavy atom.